The normalized spacial score (nSPS) is 11.7. The van der Waals surface area contributed by atoms with Crippen LogP contribution in [0.1, 0.15) is 0 Å². The molecule has 0 bridgehead atoms. The molecule has 11 aromatic rings. The van der Waals surface area contributed by atoms with E-state index in [0.717, 1.165) is 77.2 Å². The Morgan fingerprint density at radius 1 is 0.389 bits per heavy atom. The molecule has 0 saturated carbocycles. The van der Waals surface area contributed by atoms with Crippen molar-refractivity contribution in [2.24, 2.45) is 0 Å². The Labute approximate surface area is 310 Å². The summed E-state index contributed by atoms with van der Waals surface area (Å²) in [6, 6.07) is 63.2. The van der Waals surface area contributed by atoms with Crippen LogP contribution in [-0.2, 0) is 0 Å². The predicted molar refractivity (Wildman–Crippen MR) is 221 cm³/mol. The fourth-order valence-electron chi connectivity index (χ4n) is 7.98. The van der Waals surface area contributed by atoms with Gasteiger partial charge in [0.25, 0.3) is 0 Å². The Kier molecular flexibility index (Phi) is 6.79. The number of para-hydroxylation sites is 2. The lowest BCUT2D eigenvalue weighted by Crippen LogP contribution is -2.00. The standard InChI is InChI=1S/C49H30N4O/c1-3-14-32(15-4-1)36-28-29-43(53-41-24-11-9-21-37(41)38-22-10-12-25-42(38)53)46-45(36)40-27-26-34(30-44(40)54-46)48-50-47(33-17-5-2-6-18-33)51-49(52-48)39-23-13-19-31-16-7-8-20-35(31)39/h1-30H. The van der Waals surface area contributed by atoms with Gasteiger partial charge in [-0.05, 0) is 52.2 Å². The summed E-state index contributed by atoms with van der Waals surface area (Å²) in [5.41, 5.74) is 9.83. The Hall–Kier alpha value is -7.37. The molecular weight excluding hydrogens is 661 g/mol. The van der Waals surface area contributed by atoms with Crippen molar-refractivity contribution in [3.63, 3.8) is 0 Å². The molecule has 3 aromatic heterocycles. The lowest BCUT2D eigenvalue weighted by molar-refractivity contribution is 0.666. The van der Waals surface area contributed by atoms with Crippen molar-refractivity contribution >= 4 is 54.5 Å². The van der Waals surface area contributed by atoms with E-state index in [0.29, 0.717) is 17.5 Å². The Morgan fingerprint density at radius 2 is 0.981 bits per heavy atom. The maximum atomic E-state index is 7.02. The highest BCUT2D eigenvalue weighted by Crippen LogP contribution is 2.43. The van der Waals surface area contributed by atoms with E-state index >= 15 is 0 Å². The highest BCUT2D eigenvalue weighted by atomic mass is 16.3. The Bertz CT molecular complexity index is 3160. The zero-order chi connectivity index (χ0) is 35.6. The quantitative estimate of drug-likeness (QED) is 0.180. The van der Waals surface area contributed by atoms with Crippen LogP contribution in [-0.4, -0.2) is 19.5 Å². The second kappa shape index (κ2) is 12.1. The van der Waals surface area contributed by atoms with Gasteiger partial charge in [-0.2, -0.15) is 0 Å². The van der Waals surface area contributed by atoms with E-state index in [4.69, 9.17) is 19.4 Å². The van der Waals surface area contributed by atoms with Crippen LogP contribution in [0.25, 0.3) is 105 Å². The fraction of sp³-hybridized carbons (Fsp3) is 0. The van der Waals surface area contributed by atoms with Crippen molar-refractivity contribution < 1.29 is 4.42 Å². The first kappa shape index (κ1) is 30.3. The van der Waals surface area contributed by atoms with Gasteiger partial charge in [0.15, 0.2) is 23.1 Å². The monoisotopic (exact) mass is 690 g/mol. The lowest BCUT2D eigenvalue weighted by atomic mass is 9.98. The van der Waals surface area contributed by atoms with Crippen LogP contribution in [0.3, 0.4) is 0 Å². The molecule has 3 heterocycles. The van der Waals surface area contributed by atoms with Gasteiger partial charge in [-0.25, -0.2) is 15.0 Å². The van der Waals surface area contributed by atoms with Crippen molar-refractivity contribution in [1.82, 2.24) is 19.5 Å². The molecule has 0 aliphatic rings. The summed E-state index contributed by atoms with van der Waals surface area (Å²) in [5.74, 6) is 1.83. The number of hydrogen-bond donors (Lipinski definition) is 0. The van der Waals surface area contributed by atoms with Gasteiger partial charge < -0.3 is 8.98 Å². The largest absolute Gasteiger partial charge is 0.454 e. The van der Waals surface area contributed by atoms with E-state index in [-0.39, 0.29) is 0 Å². The van der Waals surface area contributed by atoms with E-state index in [1.807, 2.05) is 30.3 Å². The molecule has 8 aromatic carbocycles. The Morgan fingerprint density at radius 3 is 1.72 bits per heavy atom. The minimum absolute atomic E-state index is 0.583. The molecule has 0 unspecified atom stereocenters. The molecule has 0 fully saturated rings. The number of hydrogen-bond acceptors (Lipinski definition) is 4. The second-order valence-electron chi connectivity index (χ2n) is 13.6. The zero-order valence-corrected chi connectivity index (χ0v) is 29.0. The molecule has 0 spiro atoms. The maximum Gasteiger partial charge on any atom is 0.164 e. The minimum Gasteiger partial charge on any atom is -0.454 e. The van der Waals surface area contributed by atoms with Gasteiger partial charge in [-0.3, -0.25) is 0 Å². The molecule has 0 aliphatic heterocycles. The molecule has 0 N–H and O–H groups in total. The van der Waals surface area contributed by atoms with Crippen LogP contribution >= 0.6 is 0 Å². The average molecular weight is 691 g/mol. The number of nitrogens with zero attached hydrogens (tertiary/aromatic N) is 4. The molecule has 54 heavy (non-hydrogen) atoms. The number of aromatic nitrogens is 4. The molecule has 252 valence electrons. The van der Waals surface area contributed by atoms with Gasteiger partial charge in [0.1, 0.15) is 5.58 Å². The summed E-state index contributed by atoms with van der Waals surface area (Å²) in [7, 11) is 0. The molecule has 0 amide bonds. The third-order valence-electron chi connectivity index (χ3n) is 10.5. The SMILES string of the molecule is c1ccc(-c2nc(-c3ccc4c(c3)oc3c(-n5c6ccccc6c6ccccc65)ccc(-c5ccccc5)c34)nc(-c3cccc4ccccc34)n2)cc1. The van der Waals surface area contributed by atoms with Gasteiger partial charge in [-0.1, -0.05) is 152 Å². The summed E-state index contributed by atoms with van der Waals surface area (Å²) >= 11 is 0. The van der Waals surface area contributed by atoms with Crippen molar-refractivity contribution in [3.05, 3.63) is 182 Å². The van der Waals surface area contributed by atoms with Crippen LogP contribution in [0.15, 0.2) is 186 Å². The average Bonchev–Trinajstić information content (AvgIpc) is 3.80. The summed E-state index contributed by atoms with van der Waals surface area (Å²) in [4.78, 5) is 15.2. The second-order valence-corrected chi connectivity index (χ2v) is 13.6. The van der Waals surface area contributed by atoms with Crippen molar-refractivity contribution in [2.45, 2.75) is 0 Å². The van der Waals surface area contributed by atoms with Crippen molar-refractivity contribution in [3.8, 4) is 51.0 Å². The van der Waals surface area contributed by atoms with Gasteiger partial charge >= 0.3 is 0 Å². The molecule has 0 saturated heterocycles. The number of rotatable bonds is 5. The van der Waals surface area contributed by atoms with E-state index in [9.17, 15) is 0 Å². The molecule has 5 nitrogen and oxygen atoms in total. The first-order valence-electron chi connectivity index (χ1n) is 18.1. The number of furan rings is 1. The van der Waals surface area contributed by atoms with Crippen LogP contribution in [0.5, 0.6) is 0 Å². The van der Waals surface area contributed by atoms with E-state index in [2.05, 4.69) is 156 Å². The van der Waals surface area contributed by atoms with Crippen LogP contribution in [0, 0.1) is 0 Å². The fourth-order valence-corrected chi connectivity index (χ4v) is 7.98. The summed E-state index contributed by atoms with van der Waals surface area (Å²) in [6.07, 6.45) is 0. The molecule has 11 rings (SSSR count). The predicted octanol–water partition coefficient (Wildman–Crippen LogP) is 12.7. The Balaban J connectivity index is 1.17. The van der Waals surface area contributed by atoms with E-state index in [1.54, 1.807) is 0 Å². The van der Waals surface area contributed by atoms with Crippen LogP contribution in [0.2, 0.25) is 0 Å². The highest BCUT2D eigenvalue weighted by molar-refractivity contribution is 6.17. The third-order valence-corrected chi connectivity index (χ3v) is 10.5. The maximum absolute atomic E-state index is 7.02. The first-order chi connectivity index (χ1) is 26.8. The topological polar surface area (TPSA) is 56.7 Å². The molecule has 0 aliphatic carbocycles. The zero-order valence-electron chi connectivity index (χ0n) is 29.0. The van der Waals surface area contributed by atoms with Gasteiger partial charge in [-0.15, -0.1) is 0 Å². The minimum atomic E-state index is 0.583. The molecule has 0 atom stereocenters. The third kappa shape index (κ3) is 4.76. The first-order valence-corrected chi connectivity index (χ1v) is 18.1. The van der Waals surface area contributed by atoms with Crippen molar-refractivity contribution in [2.75, 3.05) is 0 Å². The van der Waals surface area contributed by atoms with Gasteiger partial charge in [0.05, 0.1) is 16.7 Å². The summed E-state index contributed by atoms with van der Waals surface area (Å²) in [6.45, 7) is 0. The lowest BCUT2D eigenvalue weighted by Gasteiger charge is -2.11. The molecular formula is C49H30N4O. The van der Waals surface area contributed by atoms with E-state index < -0.39 is 0 Å². The smallest absolute Gasteiger partial charge is 0.164 e. The highest BCUT2D eigenvalue weighted by Gasteiger charge is 2.22. The van der Waals surface area contributed by atoms with Crippen LogP contribution < -0.4 is 0 Å². The number of benzene rings is 8. The molecule has 5 heteroatoms. The number of fused-ring (bicyclic) bond motifs is 7. The van der Waals surface area contributed by atoms with E-state index in [1.165, 1.54) is 10.8 Å². The molecule has 0 radical (unpaired) electrons. The van der Waals surface area contributed by atoms with Crippen LogP contribution in [0.4, 0.5) is 0 Å². The van der Waals surface area contributed by atoms with Gasteiger partial charge in [0, 0.05) is 38.2 Å². The van der Waals surface area contributed by atoms with Crippen molar-refractivity contribution in [1.29, 1.82) is 0 Å². The summed E-state index contributed by atoms with van der Waals surface area (Å²) < 4.78 is 9.36. The summed E-state index contributed by atoms with van der Waals surface area (Å²) in [5, 5.41) is 6.74. The van der Waals surface area contributed by atoms with Gasteiger partial charge in [0.2, 0.25) is 0 Å².